The number of anilines is 2. The molecule has 208 valence electrons. The van der Waals surface area contributed by atoms with Crippen molar-refractivity contribution in [2.75, 3.05) is 43.5 Å². The molecule has 4 aliphatic carbocycles. The second kappa shape index (κ2) is 10.0. The Bertz CT molecular complexity index is 1230. The molecule has 0 spiro atoms. The monoisotopic (exact) mass is 532 g/mol. The van der Waals surface area contributed by atoms with Gasteiger partial charge in [0.05, 0.1) is 17.6 Å². The number of piperazine rings is 1. The molecule has 1 aliphatic heterocycles. The summed E-state index contributed by atoms with van der Waals surface area (Å²) >= 11 is 0. The van der Waals surface area contributed by atoms with Crippen molar-refractivity contribution in [3.8, 4) is 5.75 Å². The average Bonchev–Trinajstić information content (AvgIpc) is 2.91. The number of aryl methyl sites for hydroxylation is 1. The van der Waals surface area contributed by atoms with Crippen LogP contribution in [0.1, 0.15) is 61.4 Å². The van der Waals surface area contributed by atoms with E-state index in [1.165, 1.54) is 38.5 Å². The largest absolute Gasteiger partial charge is 0.496 e. The van der Waals surface area contributed by atoms with Gasteiger partial charge in [0.15, 0.2) is 0 Å². The number of methoxy groups -OCH3 is 1. The lowest BCUT2D eigenvalue weighted by Gasteiger charge is -2.59. The van der Waals surface area contributed by atoms with Crippen LogP contribution < -0.4 is 15.0 Å². The third kappa shape index (κ3) is 4.72. The quantitative estimate of drug-likeness (QED) is 0.353. The molecule has 4 saturated carbocycles. The van der Waals surface area contributed by atoms with Gasteiger partial charge < -0.3 is 19.9 Å². The number of amides is 1. The molecule has 5 aliphatic rings. The van der Waals surface area contributed by atoms with Gasteiger partial charge in [-0.3, -0.25) is 14.9 Å². The van der Waals surface area contributed by atoms with Gasteiger partial charge in [0.25, 0.3) is 11.6 Å². The van der Waals surface area contributed by atoms with E-state index in [-0.39, 0.29) is 28.0 Å². The van der Waals surface area contributed by atoms with Gasteiger partial charge in [-0.2, -0.15) is 0 Å². The molecule has 0 radical (unpaired) electrons. The minimum absolute atomic E-state index is 0.0225. The van der Waals surface area contributed by atoms with Gasteiger partial charge >= 0.3 is 0 Å². The molecular formula is C31H40N4O4. The van der Waals surface area contributed by atoms with Gasteiger partial charge in [0.2, 0.25) is 0 Å². The smallest absolute Gasteiger partial charge is 0.292 e. The maximum Gasteiger partial charge on any atom is 0.292 e. The first-order valence-corrected chi connectivity index (χ1v) is 14.5. The molecule has 39 heavy (non-hydrogen) atoms. The van der Waals surface area contributed by atoms with Gasteiger partial charge in [-0.15, -0.1) is 0 Å². The van der Waals surface area contributed by atoms with E-state index >= 15 is 0 Å². The molecule has 0 aromatic heterocycles. The summed E-state index contributed by atoms with van der Waals surface area (Å²) in [5, 5.41) is 15.6. The molecule has 1 atom stereocenters. The lowest BCUT2D eigenvalue weighted by Crippen LogP contribution is -2.53. The molecule has 1 heterocycles. The predicted molar refractivity (Wildman–Crippen MR) is 153 cm³/mol. The standard InChI is InChI=1S/C31H40N4O4/c1-20-5-4-6-26(29(20)39-3)30(36)34-11-9-33(10-12-34)25-7-8-28(35(37)38)27(16-25)32-21(2)31-17-22-13-23(18-31)15-24(14-22)19-31/h4-8,16,21-24,32H,9-15,17-19H2,1-3H3/t21-,22?,23?,24?,31?/m0/s1. The molecule has 1 saturated heterocycles. The summed E-state index contributed by atoms with van der Waals surface area (Å²) in [6, 6.07) is 11.3. The molecule has 2 aromatic carbocycles. The summed E-state index contributed by atoms with van der Waals surface area (Å²) in [6.07, 6.45) is 7.90. The SMILES string of the molecule is COc1c(C)cccc1C(=O)N1CCN(c2ccc([N+](=O)[O-])c(N[C@@H](C)C34CC5CC(CC(C5)C3)C4)c2)CC1. The van der Waals surface area contributed by atoms with Gasteiger partial charge in [-0.05, 0) is 99.3 Å². The first kappa shape index (κ1) is 26.0. The molecule has 1 N–H and O–H groups in total. The number of ether oxygens (including phenoxy) is 1. The Morgan fingerprint density at radius 2 is 1.69 bits per heavy atom. The number of hydrogen-bond donors (Lipinski definition) is 1. The van der Waals surface area contributed by atoms with Crippen molar-refractivity contribution in [1.29, 1.82) is 0 Å². The highest BCUT2D eigenvalue weighted by Gasteiger charge is 2.53. The molecule has 5 fully saturated rings. The average molecular weight is 533 g/mol. The van der Waals surface area contributed by atoms with Crippen LogP contribution in [0.5, 0.6) is 5.75 Å². The van der Waals surface area contributed by atoms with Crippen molar-refractivity contribution in [2.45, 2.75) is 58.4 Å². The first-order chi connectivity index (χ1) is 18.8. The summed E-state index contributed by atoms with van der Waals surface area (Å²) in [6.45, 7) is 6.69. The molecular weight excluding hydrogens is 492 g/mol. The third-order valence-electron chi connectivity index (χ3n) is 10.1. The molecule has 8 nitrogen and oxygen atoms in total. The van der Waals surface area contributed by atoms with E-state index in [1.54, 1.807) is 13.2 Å². The van der Waals surface area contributed by atoms with E-state index in [0.717, 1.165) is 29.0 Å². The highest BCUT2D eigenvalue weighted by atomic mass is 16.6. The number of benzene rings is 2. The lowest BCUT2D eigenvalue weighted by molar-refractivity contribution is -0.384. The van der Waals surface area contributed by atoms with Crippen molar-refractivity contribution in [3.63, 3.8) is 0 Å². The van der Waals surface area contributed by atoms with Crippen LogP contribution in [0.2, 0.25) is 0 Å². The molecule has 4 bridgehead atoms. The Balaban J connectivity index is 1.17. The van der Waals surface area contributed by atoms with Crippen LogP contribution in [0.4, 0.5) is 17.1 Å². The summed E-state index contributed by atoms with van der Waals surface area (Å²) < 4.78 is 5.51. The minimum atomic E-state index is -0.273. The van der Waals surface area contributed by atoms with Crippen LogP contribution in [0.25, 0.3) is 0 Å². The van der Waals surface area contributed by atoms with Crippen LogP contribution in [0, 0.1) is 40.2 Å². The highest BCUT2D eigenvalue weighted by Crippen LogP contribution is 2.61. The normalized spacial score (nSPS) is 28.3. The van der Waals surface area contributed by atoms with Crippen molar-refractivity contribution in [3.05, 3.63) is 57.6 Å². The van der Waals surface area contributed by atoms with E-state index in [0.29, 0.717) is 43.2 Å². The van der Waals surface area contributed by atoms with Gasteiger partial charge in [0, 0.05) is 44.0 Å². The summed E-state index contributed by atoms with van der Waals surface area (Å²) in [4.78, 5) is 29.1. The maximum absolute atomic E-state index is 13.3. The number of rotatable bonds is 7. The number of hydrogen-bond acceptors (Lipinski definition) is 6. The number of carbonyl (C=O) groups excluding carboxylic acids is 1. The Kier molecular flexibility index (Phi) is 6.68. The highest BCUT2D eigenvalue weighted by molar-refractivity contribution is 5.97. The zero-order chi connectivity index (χ0) is 27.3. The number of para-hydroxylation sites is 1. The lowest BCUT2D eigenvalue weighted by atomic mass is 9.48. The van der Waals surface area contributed by atoms with E-state index < -0.39 is 0 Å². The Morgan fingerprint density at radius 1 is 1.05 bits per heavy atom. The fourth-order valence-corrected chi connectivity index (χ4v) is 8.52. The second-order valence-corrected chi connectivity index (χ2v) is 12.5. The Labute approximate surface area is 230 Å². The van der Waals surface area contributed by atoms with E-state index in [4.69, 9.17) is 4.74 Å². The fraction of sp³-hybridized carbons (Fsp3) is 0.581. The van der Waals surface area contributed by atoms with Crippen molar-refractivity contribution in [2.24, 2.45) is 23.2 Å². The Hall–Kier alpha value is -3.29. The first-order valence-electron chi connectivity index (χ1n) is 14.5. The van der Waals surface area contributed by atoms with E-state index in [9.17, 15) is 14.9 Å². The number of nitrogens with zero attached hydrogens (tertiary/aromatic N) is 3. The molecule has 2 aromatic rings. The van der Waals surface area contributed by atoms with Gasteiger partial charge in [-0.1, -0.05) is 12.1 Å². The van der Waals surface area contributed by atoms with Gasteiger partial charge in [-0.25, -0.2) is 0 Å². The van der Waals surface area contributed by atoms with Crippen LogP contribution in [0.3, 0.4) is 0 Å². The van der Waals surface area contributed by atoms with Crippen LogP contribution in [-0.2, 0) is 0 Å². The zero-order valence-electron chi connectivity index (χ0n) is 23.3. The minimum Gasteiger partial charge on any atom is -0.496 e. The second-order valence-electron chi connectivity index (χ2n) is 12.5. The van der Waals surface area contributed by atoms with Crippen LogP contribution in [0.15, 0.2) is 36.4 Å². The van der Waals surface area contributed by atoms with Gasteiger partial charge in [0.1, 0.15) is 11.4 Å². The van der Waals surface area contributed by atoms with Crippen molar-refractivity contribution in [1.82, 2.24) is 4.90 Å². The Morgan fingerprint density at radius 3 is 2.28 bits per heavy atom. The van der Waals surface area contributed by atoms with Crippen LogP contribution in [-0.4, -0.2) is 55.1 Å². The predicted octanol–water partition coefficient (Wildman–Crippen LogP) is 5.89. The molecule has 1 amide bonds. The number of nitro groups is 1. The number of nitrogens with one attached hydrogen (secondary N) is 1. The fourth-order valence-electron chi connectivity index (χ4n) is 8.52. The summed E-state index contributed by atoms with van der Waals surface area (Å²) in [5.41, 5.74) is 3.49. The summed E-state index contributed by atoms with van der Waals surface area (Å²) in [7, 11) is 1.60. The molecule has 8 heteroatoms. The number of nitro benzene ring substituents is 1. The van der Waals surface area contributed by atoms with Crippen molar-refractivity contribution >= 4 is 23.0 Å². The molecule has 0 unspecified atom stereocenters. The van der Waals surface area contributed by atoms with Crippen molar-refractivity contribution < 1.29 is 14.5 Å². The van der Waals surface area contributed by atoms with E-state index in [2.05, 4.69) is 17.1 Å². The van der Waals surface area contributed by atoms with E-state index in [1.807, 2.05) is 42.2 Å². The third-order valence-corrected chi connectivity index (χ3v) is 10.1. The maximum atomic E-state index is 13.3. The summed E-state index contributed by atoms with van der Waals surface area (Å²) in [5.74, 6) is 3.11. The molecule has 7 rings (SSSR count). The van der Waals surface area contributed by atoms with Crippen LogP contribution >= 0.6 is 0 Å². The number of carbonyl (C=O) groups is 1. The topological polar surface area (TPSA) is 88.0 Å². The zero-order valence-corrected chi connectivity index (χ0v) is 23.3.